The molecule has 4 aliphatic heterocycles. The summed E-state index contributed by atoms with van der Waals surface area (Å²) < 4.78 is 8.11. The molecule has 0 bridgehead atoms. The number of aromatic nitrogens is 24. The number of thiophene rings is 4. The van der Waals surface area contributed by atoms with Crippen LogP contribution < -0.4 is 46.2 Å². The molecule has 4 aliphatic rings. The van der Waals surface area contributed by atoms with E-state index in [1.54, 1.807) is 45.3 Å². The van der Waals surface area contributed by atoms with Crippen LogP contribution >= 0.6 is 57.1 Å². The van der Waals surface area contributed by atoms with Crippen molar-refractivity contribution in [3.63, 3.8) is 0 Å². The molecule has 39 heteroatoms. The summed E-state index contributed by atoms with van der Waals surface area (Å²) in [5.74, 6) is 11.5. The summed E-state index contributed by atoms with van der Waals surface area (Å²) >= 11 is 8.60. The number of H-pyrrole nitrogens is 4. The molecule has 4 saturated heterocycles. The van der Waals surface area contributed by atoms with Crippen LogP contribution in [0.5, 0.6) is 0 Å². The summed E-state index contributed by atoms with van der Waals surface area (Å²) in [5.41, 5.74) is 18.5. The first kappa shape index (κ1) is 78.7. The largest absolute Gasteiger partial charge is 0.361 e. The van der Waals surface area contributed by atoms with Crippen molar-refractivity contribution in [1.82, 2.24) is 128 Å². The van der Waals surface area contributed by atoms with Crippen molar-refractivity contribution in [2.45, 2.75) is 45.4 Å². The first-order chi connectivity index (χ1) is 61.8. The molecule has 0 amide bonds. The highest BCUT2D eigenvalue weighted by molar-refractivity contribution is 7.99. The molecule has 0 atom stereocenters. The van der Waals surface area contributed by atoms with E-state index in [1.165, 1.54) is 19.3 Å². The van der Waals surface area contributed by atoms with Gasteiger partial charge >= 0.3 is 0 Å². The monoisotopic (exact) mass is 1750 g/mol. The number of hydrogen-bond acceptors (Lipinski definition) is 31. The standard InChI is InChI=1S/C22H23N9S.C22H22N8S.C21H21N9S.C21H20N8S2/c1-29-7-9-30(10-8-29)22-27-20(23-12-18-25-16-4-2-3-5-17(16)26-18)19-21(28-22)31(14-24-19)15-6-11-32-13-15;1-4-9-29(10-5-1)22-27-20(23-12-18-25-16-6-2-3-7-17(16)26-18)19-21(28-22)30(14-24-19)15-8-11-31-13-15;1-2-4-16-15(3-1)25-17(26-16)11-23-19-18-20(30(13-24-18)14-5-10-31-12-14)28-21(27-19)29-8-6-22-7-9-29;1-2-4-16-15(3-1)24-17(25-16)11-22-19-18-20(29(13-23-18)14-5-8-31-12-14)27-21(26-19)28-6-9-30-10-7-28/h2-6,11,13-14H,7-10,12H2,1H3,(H,25,26)(H,23,27,28);2-3,6-8,11,13-14H,1,4-5,9-10,12H2,(H,25,26)(H,23,27,28);1-5,10,12-13,22H,6-9,11H2,(H,25,26)(H,23,27,28);1-5,8,12-13H,6-7,9-11H2,(H,24,25)(H,22,26,27). The topological polar surface area (TPSA) is 365 Å². The van der Waals surface area contributed by atoms with Crippen molar-refractivity contribution in [2.75, 3.05) is 138 Å². The predicted octanol–water partition coefficient (Wildman–Crippen LogP) is 14.2. The first-order valence-electron chi connectivity index (χ1n) is 41.6. The Bertz CT molecular complexity index is 6410. The zero-order chi connectivity index (χ0) is 83.4. The van der Waals surface area contributed by atoms with Crippen molar-refractivity contribution < 1.29 is 0 Å². The molecule has 0 saturated carbocycles. The van der Waals surface area contributed by atoms with Crippen molar-refractivity contribution in [2.24, 2.45) is 0 Å². The Balaban J connectivity index is 0.000000102. The minimum absolute atomic E-state index is 0.521. The van der Waals surface area contributed by atoms with Crippen LogP contribution in [0.15, 0.2) is 190 Å². The molecule has 0 radical (unpaired) electrons. The van der Waals surface area contributed by atoms with Crippen LogP contribution in [0.3, 0.4) is 0 Å². The van der Waals surface area contributed by atoms with Crippen molar-refractivity contribution in [3.8, 4) is 22.7 Å². The molecule has 0 aliphatic carbocycles. The first-order valence-corrected chi connectivity index (χ1v) is 46.5. The van der Waals surface area contributed by atoms with Gasteiger partial charge in [0.2, 0.25) is 23.8 Å². The number of rotatable bonds is 20. The van der Waals surface area contributed by atoms with E-state index in [0.717, 1.165) is 266 Å². The van der Waals surface area contributed by atoms with Gasteiger partial charge in [-0.1, -0.05) is 48.5 Å². The highest BCUT2D eigenvalue weighted by Crippen LogP contribution is 2.34. The zero-order valence-electron chi connectivity index (χ0n) is 68.0. The van der Waals surface area contributed by atoms with Gasteiger partial charge < -0.3 is 71.0 Å². The second-order valence-corrected chi connectivity index (χ2v) is 34.8. The van der Waals surface area contributed by atoms with Crippen LogP contribution in [0.25, 0.3) is 112 Å². The second-order valence-electron chi connectivity index (χ2n) is 30.5. The van der Waals surface area contributed by atoms with E-state index in [1.807, 2.05) is 152 Å². The maximum atomic E-state index is 4.93. The highest BCUT2D eigenvalue weighted by Gasteiger charge is 2.27. The lowest BCUT2D eigenvalue weighted by Crippen LogP contribution is -2.45. The van der Waals surface area contributed by atoms with Gasteiger partial charge in [0.1, 0.15) is 48.6 Å². The Morgan fingerprint density at radius 1 is 0.312 bits per heavy atom. The lowest BCUT2D eigenvalue weighted by Gasteiger charge is -2.32. The number of para-hydroxylation sites is 8. The number of aromatic amines is 4. The highest BCUT2D eigenvalue weighted by atomic mass is 32.2. The van der Waals surface area contributed by atoms with Crippen LogP contribution in [0.2, 0.25) is 0 Å². The van der Waals surface area contributed by atoms with Crippen LogP contribution in [-0.4, -0.2) is 220 Å². The third kappa shape index (κ3) is 17.0. The molecule has 16 aromatic heterocycles. The maximum absolute atomic E-state index is 4.93. The molecule has 9 N–H and O–H groups in total. The molecule has 630 valence electrons. The van der Waals surface area contributed by atoms with E-state index in [2.05, 4.69) is 185 Å². The number of imidazole rings is 8. The summed E-state index contributed by atoms with van der Waals surface area (Å²) in [6, 6.07) is 40.4. The quantitative estimate of drug-likeness (QED) is 0.0342. The van der Waals surface area contributed by atoms with E-state index >= 15 is 0 Å². The maximum Gasteiger partial charge on any atom is 0.229 e. The number of piperazine rings is 2. The van der Waals surface area contributed by atoms with Crippen LogP contribution in [0.4, 0.5) is 47.1 Å². The van der Waals surface area contributed by atoms with Crippen LogP contribution in [0.1, 0.15) is 42.6 Å². The molecule has 4 fully saturated rings. The molecule has 125 heavy (non-hydrogen) atoms. The average Bonchev–Trinajstić information content (AvgIpc) is 1.64. The average molecular weight is 1760 g/mol. The van der Waals surface area contributed by atoms with Gasteiger partial charge in [-0.3, -0.25) is 18.3 Å². The Morgan fingerprint density at radius 2 is 0.608 bits per heavy atom. The molecule has 34 nitrogen and oxygen atoms in total. The molecule has 24 rings (SSSR count). The summed E-state index contributed by atoms with van der Waals surface area (Å²) in [6.45, 7) is 13.4. The van der Waals surface area contributed by atoms with Gasteiger partial charge in [-0.2, -0.15) is 97.0 Å². The van der Waals surface area contributed by atoms with E-state index in [0.29, 0.717) is 32.0 Å². The van der Waals surface area contributed by atoms with Crippen molar-refractivity contribution >= 4 is 193 Å². The summed E-state index contributed by atoms with van der Waals surface area (Å²) in [5, 5.41) is 33.8. The van der Waals surface area contributed by atoms with Gasteiger partial charge in [-0.15, -0.1) is 0 Å². The molecular weight excluding hydrogens is 1670 g/mol. The number of nitrogens with one attached hydrogen (secondary N) is 9. The van der Waals surface area contributed by atoms with E-state index in [4.69, 9.17) is 39.9 Å². The molecular formula is C86H86N34S5. The van der Waals surface area contributed by atoms with Crippen molar-refractivity contribution in [1.29, 1.82) is 0 Å². The number of thioether (sulfide) groups is 1. The number of nitrogens with zero attached hydrogens (tertiary/aromatic N) is 25. The number of benzene rings is 4. The molecule has 0 spiro atoms. The molecule has 20 heterocycles. The SMILES string of the molecule is CN1CCN(c2nc(NCc3nc4ccccc4[nH]3)c3ncn(-c4ccsc4)c3n2)CC1.c1ccc2[nH]c(CNc3nc(N4CCCCC4)nc4c3ncn4-c3ccsc3)nc2c1.c1ccc2[nH]c(CNc3nc(N4CCNCC4)nc4c3ncn4-c3ccsc3)nc2c1.c1ccc2[nH]c(CNc3nc(N4CCSCC4)nc4c3ncn4-c3ccsc3)nc2c1. The molecule has 4 aromatic carbocycles. The predicted molar refractivity (Wildman–Crippen MR) is 502 cm³/mol. The van der Waals surface area contributed by atoms with Crippen molar-refractivity contribution in [3.05, 3.63) is 213 Å². The lowest BCUT2D eigenvalue weighted by molar-refractivity contribution is 0.311. The lowest BCUT2D eigenvalue weighted by atomic mass is 10.1. The fourth-order valence-electron chi connectivity index (χ4n) is 15.7. The van der Waals surface area contributed by atoms with Gasteiger partial charge in [0.25, 0.3) is 0 Å². The van der Waals surface area contributed by atoms with Gasteiger partial charge in [0.15, 0.2) is 67.9 Å². The fourth-order valence-corrected chi connectivity index (χ4v) is 19.1. The smallest absolute Gasteiger partial charge is 0.229 e. The number of anilines is 8. The van der Waals surface area contributed by atoms with E-state index < -0.39 is 0 Å². The Morgan fingerprint density at radius 3 is 0.912 bits per heavy atom. The zero-order valence-corrected chi connectivity index (χ0v) is 72.1. The second kappa shape index (κ2) is 35.7. The Hall–Kier alpha value is -13.6. The van der Waals surface area contributed by atoms with Gasteiger partial charge in [-0.25, -0.2) is 39.9 Å². The summed E-state index contributed by atoms with van der Waals surface area (Å²) in [7, 11) is 2.15. The minimum atomic E-state index is 0.521. The van der Waals surface area contributed by atoms with Crippen LogP contribution in [0, 0.1) is 0 Å². The van der Waals surface area contributed by atoms with E-state index in [-0.39, 0.29) is 0 Å². The summed E-state index contributed by atoms with van der Waals surface area (Å²) in [6.07, 6.45) is 10.9. The third-order valence-electron chi connectivity index (χ3n) is 22.2. The third-order valence-corrected chi connectivity index (χ3v) is 25.9. The van der Waals surface area contributed by atoms with Crippen LogP contribution in [-0.2, 0) is 26.2 Å². The number of likely N-dealkylation sites (N-methyl/N-ethyl adjacent to an activating group) is 1. The minimum Gasteiger partial charge on any atom is -0.361 e. The van der Waals surface area contributed by atoms with E-state index in [9.17, 15) is 0 Å². The van der Waals surface area contributed by atoms with Gasteiger partial charge in [0, 0.05) is 112 Å². The van der Waals surface area contributed by atoms with Gasteiger partial charge in [0.05, 0.1) is 93.1 Å². The molecule has 0 unspecified atom stereocenters. The number of hydrogen-bond donors (Lipinski definition) is 9. The normalized spacial score (nSPS) is 14.7. The summed E-state index contributed by atoms with van der Waals surface area (Å²) in [4.78, 5) is 101. The number of fused-ring (bicyclic) bond motifs is 8. The number of piperidine rings is 1. The Labute approximate surface area is 735 Å². The van der Waals surface area contributed by atoms with Gasteiger partial charge in [-0.05, 0) is 121 Å². The molecule has 20 aromatic rings. The Kier molecular flexibility index (Phi) is 22.5. The fraction of sp³-hybridized carbons (Fsp3) is 0.256.